The first-order valence-electron chi connectivity index (χ1n) is 7.10. The van der Waals surface area contributed by atoms with E-state index in [0.29, 0.717) is 0 Å². The maximum Gasteiger partial charge on any atom is 0.0730 e. The van der Waals surface area contributed by atoms with Gasteiger partial charge < -0.3 is 11.1 Å². The van der Waals surface area contributed by atoms with Crippen molar-refractivity contribution in [2.24, 2.45) is 0 Å². The first-order valence-corrected chi connectivity index (χ1v) is 7.10. The monoisotopic (exact) mass is 265 g/mol. The summed E-state index contributed by atoms with van der Waals surface area (Å²) in [6.07, 6.45) is 2.38. The fraction of sp³-hybridized carbons (Fsp3) is 0.235. The van der Waals surface area contributed by atoms with Crippen LogP contribution in [-0.4, -0.2) is 11.5 Å². The van der Waals surface area contributed by atoms with Crippen LogP contribution in [0.5, 0.6) is 0 Å². The summed E-state index contributed by atoms with van der Waals surface area (Å²) in [6, 6.07) is 14.3. The van der Waals surface area contributed by atoms with Gasteiger partial charge in [-0.3, -0.25) is 0 Å². The van der Waals surface area contributed by atoms with Crippen LogP contribution in [0.25, 0.3) is 21.8 Å². The number of hydrogen-bond donors (Lipinski definition) is 2. The first-order chi connectivity index (χ1) is 9.76. The summed E-state index contributed by atoms with van der Waals surface area (Å²) in [4.78, 5) is 4.71. The Hall–Kier alpha value is -2.29. The Bertz CT molecular complexity index is 750. The molecule has 1 aromatic heterocycles. The van der Waals surface area contributed by atoms with Crippen molar-refractivity contribution in [3.8, 4) is 0 Å². The molecule has 3 heteroatoms. The standard InChI is InChI=1S/C17H19N3/c1-2-3-8-19-15-7-5-13-9-12-4-6-14(18)10-16(12)20-17(13)11-15/h4-7,9-11,19H,2-3,8,18H2,1H3. The number of nitrogens with zero attached hydrogens (tertiary/aromatic N) is 1. The summed E-state index contributed by atoms with van der Waals surface area (Å²) >= 11 is 0. The van der Waals surface area contributed by atoms with Crippen molar-refractivity contribution in [2.45, 2.75) is 19.8 Å². The lowest BCUT2D eigenvalue weighted by Crippen LogP contribution is -2.00. The smallest absolute Gasteiger partial charge is 0.0730 e. The molecule has 20 heavy (non-hydrogen) atoms. The van der Waals surface area contributed by atoms with Crippen LogP contribution in [0.15, 0.2) is 42.5 Å². The van der Waals surface area contributed by atoms with Crippen LogP contribution in [0.1, 0.15) is 19.8 Å². The predicted octanol–water partition coefficient (Wildman–Crippen LogP) is 4.18. The first kappa shape index (κ1) is 12.7. The average molecular weight is 265 g/mol. The van der Waals surface area contributed by atoms with Gasteiger partial charge in [0.15, 0.2) is 0 Å². The maximum atomic E-state index is 5.83. The summed E-state index contributed by atoms with van der Waals surface area (Å²) in [5.74, 6) is 0. The van der Waals surface area contributed by atoms with Crippen molar-refractivity contribution in [2.75, 3.05) is 17.6 Å². The molecule has 102 valence electrons. The molecule has 0 fully saturated rings. The Balaban J connectivity index is 2.01. The molecule has 0 aliphatic carbocycles. The molecule has 3 N–H and O–H groups in total. The fourth-order valence-corrected chi connectivity index (χ4v) is 2.36. The van der Waals surface area contributed by atoms with Crippen molar-refractivity contribution in [1.82, 2.24) is 4.98 Å². The third kappa shape index (κ3) is 2.52. The van der Waals surface area contributed by atoms with Gasteiger partial charge in [-0.15, -0.1) is 0 Å². The Morgan fingerprint density at radius 2 is 1.75 bits per heavy atom. The third-order valence-corrected chi connectivity index (χ3v) is 3.50. The second-order valence-electron chi connectivity index (χ2n) is 5.13. The highest BCUT2D eigenvalue weighted by Gasteiger charge is 2.02. The largest absolute Gasteiger partial charge is 0.399 e. The van der Waals surface area contributed by atoms with Crippen LogP contribution in [0, 0.1) is 0 Å². The molecule has 0 aliphatic heterocycles. The van der Waals surface area contributed by atoms with E-state index in [1.54, 1.807) is 0 Å². The van der Waals surface area contributed by atoms with E-state index in [1.165, 1.54) is 12.8 Å². The van der Waals surface area contributed by atoms with E-state index in [0.717, 1.165) is 39.7 Å². The highest BCUT2D eigenvalue weighted by atomic mass is 14.9. The van der Waals surface area contributed by atoms with Crippen LogP contribution in [0.3, 0.4) is 0 Å². The number of fused-ring (bicyclic) bond motifs is 2. The van der Waals surface area contributed by atoms with Gasteiger partial charge in [-0.25, -0.2) is 4.98 Å². The number of rotatable bonds is 4. The molecule has 0 aliphatic rings. The highest BCUT2D eigenvalue weighted by molar-refractivity contribution is 5.94. The van der Waals surface area contributed by atoms with Crippen LogP contribution in [0.2, 0.25) is 0 Å². The summed E-state index contributed by atoms with van der Waals surface area (Å²) < 4.78 is 0. The van der Waals surface area contributed by atoms with Crippen molar-refractivity contribution < 1.29 is 0 Å². The van der Waals surface area contributed by atoms with E-state index in [1.807, 2.05) is 18.2 Å². The Morgan fingerprint density at radius 3 is 2.55 bits per heavy atom. The lowest BCUT2D eigenvalue weighted by Gasteiger charge is -2.07. The Labute approximate surface area is 118 Å². The summed E-state index contributed by atoms with van der Waals surface area (Å²) in [5.41, 5.74) is 9.66. The number of hydrogen-bond acceptors (Lipinski definition) is 3. The molecule has 1 heterocycles. The molecule has 0 radical (unpaired) electrons. The third-order valence-electron chi connectivity index (χ3n) is 3.50. The normalized spacial score (nSPS) is 11.1. The zero-order valence-corrected chi connectivity index (χ0v) is 11.7. The van der Waals surface area contributed by atoms with Gasteiger partial charge in [0.2, 0.25) is 0 Å². The summed E-state index contributed by atoms with van der Waals surface area (Å²) in [7, 11) is 0. The van der Waals surface area contributed by atoms with Crippen molar-refractivity contribution >= 4 is 33.2 Å². The SMILES string of the molecule is CCCCNc1ccc2cc3ccc(N)cc3nc2c1. The number of nitrogens with one attached hydrogen (secondary N) is 1. The minimum absolute atomic E-state index is 0.751. The van der Waals surface area contributed by atoms with Gasteiger partial charge in [0.1, 0.15) is 0 Å². The molecule has 0 bridgehead atoms. The molecule has 0 saturated heterocycles. The fourth-order valence-electron chi connectivity index (χ4n) is 2.36. The number of aromatic nitrogens is 1. The number of pyridine rings is 1. The molecule has 3 rings (SSSR count). The average Bonchev–Trinajstić information content (AvgIpc) is 2.45. The minimum atomic E-state index is 0.751. The maximum absolute atomic E-state index is 5.83. The van der Waals surface area contributed by atoms with Crippen LogP contribution in [0.4, 0.5) is 11.4 Å². The number of anilines is 2. The molecule has 3 nitrogen and oxygen atoms in total. The van der Waals surface area contributed by atoms with Gasteiger partial charge in [-0.05, 0) is 36.8 Å². The van der Waals surface area contributed by atoms with E-state index in [-0.39, 0.29) is 0 Å². The topological polar surface area (TPSA) is 50.9 Å². The van der Waals surface area contributed by atoms with Crippen molar-refractivity contribution in [3.63, 3.8) is 0 Å². The zero-order valence-electron chi connectivity index (χ0n) is 11.7. The van der Waals surface area contributed by atoms with Crippen LogP contribution in [-0.2, 0) is 0 Å². The summed E-state index contributed by atoms with van der Waals surface area (Å²) in [5, 5.41) is 5.71. The molecule has 2 aromatic carbocycles. The second-order valence-corrected chi connectivity index (χ2v) is 5.13. The van der Waals surface area contributed by atoms with Crippen molar-refractivity contribution in [1.29, 1.82) is 0 Å². The number of unbranched alkanes of at least 4 members (excludes halogenated alkanes) is 1. The van der Waals surface area contributed by atoms with Gasteiger partial charge in [0, 0.05) is 28.7 Å². The molecule has 0 spiro atoms. The van der Waals surface area contributed by atoms with E-state index >= 15 is 0 Å². The van der Waals surface area contributed by atoms with Gasteiger partial charge in [-0.1, -0.05) is 25.5 Å². The molecule has 0 atom stereocenters. The Kier molecular flexibility index (Phi) is 3.42. The van der Waals surface area contributed by atoms with Gasteiger partial charge in [-0.2, -0.15) is 0 Å². The van der Waals surface area contributed by atoms with Crippen molar-refractivity contribution in [3.05, 3.63) is 42.5 Å². The van der Waals surface area contributed by atoms with Gasteiger partial charge >= 0.3 is 0 Å². The predicted molar refractivity (Wildman–Crippen MR) is 87.1 cm³/mol. The molecule has 0 unspecified atom stereocenters. The summed E-state index contributed by atoms with van der Waals surface area (Å²) in [6.45, 7) is 3.20. The van der Waals surface area contributed by atoms with Crippen LogP contribution >= 0.6 is 0 Å². The molecule has 0 amide bonds. The Morgan fingerprint density at radius 1 is 1.00 bits per heavy atom. The highest BCUT2D eigenvalue weighted by Crippen LogP contribution is 2.23. The zero-order chi connectivity index (χ0) is 13.9. The van der Waals surface area contributed by atoms with Gasteiger partial charge in [0.05, 0.1) is 11.0 Å². The molecular weight excluding hydrogens is 246 g/mol. The molecule has 0 saturated carbocycles. The molecular formula is C17H19N3. The van der Waals surface area contributed by atoms with E-state index in [9.17, 15) is 0 Å². The quantitative estimate of drug-likeness (QED) is 0.422. The number of nitrogens with two attached hydrogens (primary N) is 1. The number of nitrogen functional groups attached to an aromatic ring is 1. The second kappa shape index (κ2) is 5.37. The van der Waals surface area contributed by atoms with E-state index in [2.05, 4.69) is 36.5 Å². The van der Waals surface area contributed by atoms with E-state index in [4.69, 9.17) is 10.7 Å². The lowest BCUT2D eigenvalue weighted by molar-refractivity contribution is 0.834. The van der Waals surface area contributed by atoms with Crippen LogP contribution < -0.4 is 11.1 Å². The minimum Gasteiger partial charge on any atom is -0.399 e. The van der Waals surface area contributed by atoms with E-state index < -0.39 is 0 Å². The number of benzene rings is 2. The van der Waals surface area contributed by atoms with Gasteiger partial charge in [0.25, 0.3) is 0 Å². The lowest BCUT2D eigenvalue weighted by atomic mass is 10.1. The molecule has 3 aromatic rings.